The summed E-state index contributed by atoms with van der Waals surface area (Å²) < 4.78 is 20.1. The molecular formula is C39H52N8O5Si. The van der Waals surface area contributed by atoms with E-state index in [2.05, 4.69) is 57.2 Å². The smallest absolute Gasteiger partial charge is 0.414 e. The molecule has 0 fully saturated rings. The number of pyridine rings is 1. The summed E-state index contributed by atoms with van der Waals surface area (Å²) in [5.41, 5.74) is 2.72. The second-order valence-electron chi connectivity index (χ2n) is 16.7. The minimum absolute atomic E-state index is 0.0175. The van der Waals surface area contributed by atoms with Crippen LogP contribution >= 0.6 is 0 Å². The number of ether oxygens (including phenoxy) is 2. The molecule has 1 aromatic carbocycles. The number of methoxy groups -OCH3 is 1. The zero-order valence-corrected chi connectivity index (χ0v) is 34.0. The van der Waals surface area contributed by atoms with Crippen molar-refractivity contribution in [2.45, 2.75) is 83.7 Å². The van der Waals surface area contributed by atoms with Crippen LogP contribution < -0.4 is 15.0 Å². The van der Waals surface area contributed by atoms with Gasteiger partial charge in [-0.25, -0.2) is 14.8 Å². The van der Waals surface area contributed by atoms with Gasteiger partial charge in [-0.2, -0.15) is 10.2 Å². The third kappa shape index (κ3) is 8.22. The molecule has 0 aliphatic carbocycles. The maximum absolute atomic E-state index is 13.6. The van der Waals surface area contributed by atoms with Crippen molar-refractivity contribution in [3.05, 3.63) is 53.9 Å². The number of carbonyl (C=O) groups excluding carboxylic acids is 2. The van der Waals surface area contributed by atoms with Crippen LogP contribution in [0.15, 0.2) is 42.7 Å². The lowest BCUT2D eigenvalue weighted by molar-refractivity contribution is -0.110. The lowest BCUT2D eigenvalue weighted by Crippen LogP contribution is -2.46. The molecule has 0 saturated carbocycles. The summed E-state index contributed by atoms with van der Waals surface area (Å²) in [5, 5.41) is 14.5. The summed E-state index contributed by atoms with van der Waals surface area (Å²) in [6.07, 6.45) is 3.88. The van der Waals surface area contributed by atoms with E-state index in [1.54, 1.807) is 23.2 Å². The van der Waals surface area contributed by atoms with Gasteiger partial charge in [-0.3, -0.25) is 4.90 Å². The first kappa shape index (κ1) is 39.4. The van der Waals surface area contributed by atoms with Gasteiger partial charge in [0.05, 0.1) is 24.1 Å². The molecule has 1 aliphatic heterocycles. The molecule has 5 rings (SSSR count). The topological polar surface area (TPSA) is 148 Å². The summed E-state index contributed by atoms with van der Waals surface area (Å²) in [6, 6.07) is 11.2. The average molecular weight is 741 g/mol. The summed E-state index contributed by atoms with van der Waals surface area (Å²) in [7, 11) is 3.19. The third-order valence-corrected chi connectivity index (χ3v) is 14.4. The highest BCUT2D eigenvalue weighted by atomic mass is 28.4. The van der Waals surface area contributed by atoms with Gasteiger partial charge in [0.1, 0.15) is 35.3 Å². The number of hydrogen-bond acceptors (Lipinski definition) is 11. The number of hydrogen-bond donors (Lipinski definition) is 1. The number of rotatable bonds is 11. The number of nitrogens with one attached hydrogen (secondary N) is 1. The number of aromatic nitrogens is 4. The van der Waals surface area contributed by atoms with Crippen molar-refractivity contribution in [2.75, 3.05) is 51.1 Å². The van der Waals surface area contributed by atoms with E-state index in [1.807, 2.05) is 68.7 Å². The van der Waals surface area contributed by atoms with Crippen molar-refractivity contribution in [2.24, 2.45) is 0 Å². The maximum Gasteiger partial charge on any atom is 0.414 e. The lowest BCUT2D eigenvalue weighted by Gasteiger charge is -2.39. The van der Waals surface area contributed by atoms with Crippen molar-refractivity contribution in [3.63, 3.8) is 0 Å². The Hall–Kier alpha value is -4.84. The van der Waals surface area contributed by atoms with Crippen LogP contribution in [0.1, 0.15) is 65.6 Å². The first-order valence-corrected chi connectivity index (χ1v) is 20.6. The van der Waals surface area contributed by atoms with E-state index in [9.17, 15) is 14.9 Å². The molecule has 282 valence electrons. The van der Waals surface area contributed by atoms with Crippen molar-refractivity contribution in [1.29, 1.82) is 5.26 Å². The van der Waals surface area contributed by atoms with E-state index in [0.29, 0.717) is 59.4 Å². The summed E-state index contributed by atoms with van der Waals surface area (Å²) >= 11 is 0. The Morgan fingerprint density at radius 2 is 1.87 bits per heavy atom. The van der Waals surface area contributed by atoms with Crippen molar-refractivity contribution in [3.8, 4) is 23.2 Å². The van der Waals surface area contributed by atoms with Gasteiger partial charge < -0.3 is 33.5 Å². The molecule has 13 nitrogen and oxygen atoms in total. The van der Waals surface area contributed by atoms with E-state index in [1.165, 1.54) is 7.11 Å². The minimum Gasteiger partial charge on any atom is -0.479 e. The molecule has 1 aliphatic rings. The second-order valence-corrected chi connectivity index (χ2v) is 21.6. The van der Waals surface area contributed by atoms with Crippen LogP contribution in [0.4, 0.5) is 22.1 Å². The second kappa shape index (κ2) is 14.5. The molecule has 1 amide bonds. The molecule has 1 N–H and O–H groups in total. The quantitative estimate of drug-likeness (QED) is 0.121. The van der Waals surface area contributed by atoms with E-state index in [-0.39, 0.29) is 11.0 Å². The van der Waals surface area contributed by atoms with Gasteiger partial charge in [0, 0.05) is 48.5 Å². The van der Waals surface area contributed by atoms with Gasteiger partial charge in [-0.15, -0.1) is 0 Å². The number of amides is 1. The number of fused-ring (bicyclic) bond motifs is 2. The Bertz CT molecular complexity index is 2060. The van der Waals surface area contributed by atoms with Crippen LogP contribution in [-0.4, -0.2) is 91.6 Å². The summed E-state index contributed by atoms with van der Waals surface area (Å²) in [5.74, 6) is 0.600. The number of nitriles is 1. The van der Waals surface area contributed by atoms with E-state index < -0.39 is 31.5 Å². The zero-order valence-electron chi connectivity index (χ0n) is 33.0. The molecule has 0 bridgehead atoms. The van der Waals surface area contributed by atoms with Gasteiger partial charge >= 0.3 is 6.09 Å². The number of nitrogens with zero attached hydrogens (tertiary/aromatic N) is 7. The fourth-order valence-corrected chi connectivity index (χ4v) is 7.24. The van der Waals surface area contributed by atoms with Gasteiger partial charge in [0.15, 0.2) is 8.32 Å². The number of benzene rings is 1. The molecule has 3 aromatic heterocycles. The van der Waals surface area contributed by atoms with Crippen LogP contribution in [0.25, 0.3) is 22.3 Å². The fraction of sp³-hybridized carbons (Fsp3) is 0.487. The van der Waals surface area contributed by atoms with E-state index in [4.69, 9.17) is 23.9 Å². The highest BCUT2D eigenvalue weighted by Crippen LogP contribution is 2.47. The number of likely N-dealkylation sites (N-methyl/N-ethyl adjacent to an activating group) is 1. The van der Waals surface area contributed by atoms with Crippen LogP contribution in [0.5, 0.6) is 5.88 Å². The molecule has 0 radical (unpaired) electrons. The summed E-state index contributed by atoms with van der Waals surface area (Å²) in [4.78, 5) is 43.2. The minimum atomic E-state index is -2.17. The zero-order chi connectivity index (χ0) is 39.1. The molecule has 53 heavy (non-hydrogen) atoms. The molecule has 4 aromatic rings. The highest BCUT2D eigenvalue weighted by Gasteiger charge is 2.47. The third-order valence-electron chi connectivity index (χ3n) is 9.94. The van der Waals surface area contributed by atoms with Gasteiger partial charge in [-0.05, 0) is 88.9 Å². The van der Waals surface area contributed by atoms with Crippen LogP contribution in [0, 0.1) is 11.3 Å². The molecular weight excluding hydrogens is 689 g/mol. The molecule has 4 heterocycles. The monoisotopic (exact) mass is 740 g/mol. The molecule has 14 heteroatoms. The number of carbonyl (C=O) groups is 2. The standard InChI is InChI=1S/C39H52N8O5Si/c1-37(2,3)52-36(49)47-23-39(7,24-51-53(11,12)38(4,5)6)29-18-26(17-27(20-40)32(29)47)30-13-15-41-35(42-30)43-31-19-25-14-16-46(28(22-48)21-45(8)9)33(25)44-34(31)50-10/h13-19,22,28H,21,23-24H2,1-12H3,(H,41,42,43)/t28?,39-/m1/s1. The van der Waals surface area contributed by atoms with Crippen molar-refractivity contribution < 1.29 is 23.5 Å². The number of anilines is 3. The SMILES string of the molecule is COc1nc2c(ccn2C(C=O)CN(C)C)cc1Nc1nccc(-c2cc(C#N)c3c(c2)[C@@](C)(CO[Si](C)(C)C(C)(C)C)CN3C(=O)OC(C)(C)C)n1. The van der Waals surface area contributed by atoms with E-state index in [0.717, 1.165) is 17.2 Å². The lowest BCUT2D eigenvalue weighted by atomic mass is 9.83. The molecule has 0 saturated heterocycles. The first-order chi connectivity index (χ1) is 24.7. The van der Waals surface area contributed by atoms with Crippen LogP contribution in [-0.2, 0) is 19.4 Å². The predicted octanol–water partition coefficient (Wildman–Crippen LogP) is 7.45. The first-order valence-electron chi connectivity index (χ1n) is 17.7. The number of aldehydes is 1. The Morgan fingerprint density at radius 3 is 2.47 bits per heavy atom. The normalized spacial score (nSPS) is 16.7. The van der Waals surface area contributed by atoms with Crippen molar-refractivity contribution >= 4 is 49.1 Å². The summed E-state index contributed by atoms with van der Waals surface area (Å²) in [6.45, 7) is 19.7. The van der Waals surface area contributed by atoms with Gasteiger partial charge in [0.2, 0.25) is 11.8 Å². The Labute approximate surface area is 313 Å². The van der Waals surface area contributed by atoms with Crippen LogP contribution in [0.3, 0.4) is 0 Å². The van der Waals surface area contributed by atoms with Crippen molar-refractivity contribution in [1.82, 2.24) is 24.4 Å². The maximum atomic E-state index is 13.6. The Balaban J connectivity index is 1.54. The van der Waals surface area contributed by atoms with Gasteiger partial charge in [-0.1, -0.05) is 27.7 Å². The largest absolute Gasteiger partial charge is 0.479 e. The van der Waals surface area contributed by atoms with Gasteiger partial charge in [0.25, 0.3) is 0 Å². The predicted molar refractivity (Wildman–Crippen MR) is 209 cm³/mol. The Kier molecular flexibility index (Phi) is 10.8. The highest BCUT2D eigenvalue weighted by molar-refractivity contribution is 6.74. The molecule has 0 spiro atoms. The molecule has 2 atom stereocenters. The Morgan fingerprint density at radius 1 is 1.15 bits per heavy atom. The molecule has 1 unspecified atom stereocenters. The van der Waals surface area contributed by atoms with E-state index >= 15 is 0 Å². The van der Waals surface area contributed by atoms with Crippen LogP contribution in [0.2, 0.25) is 18.1 Å². The fourth-order valence-electron chi connectivity index (χ4n) is 6.13. The average Bonchev–Trinajstić information content (AvgIpc) is 3.62.